The number of anilines is 1. The minimum atomic E-state index is -4.45. The molecule has 3 aromatic carbocycles. The first-order valence-corrected chi connectivity index (χ1v) is 10.3. The predicted molar refractivity (Wildman–Crippen MR) is 117 cm³/mol. The second-order valence-electron chi connectivity index (χ2n) is 7.78. The molecular formula is C25H20F3NO5. The quantitative estimate of drug-likeness (QED) is 0.512. The maximum Gasteiger partial charge on any atom is 0.416 e. The third-order valence-electron chi connectivity index (χ3n) is 5.49. The minimum absolute atomic E-state index is 0.177. The number of nitrogens with zero attached hydrogens (tertiary/aromatic N) is 1. The number of ether oxygens (including phenoxy) is 2. The van der Waals surface area contributed by atoms with E-state index in [0.29, 0.717) is 28.3 Å². The summed E-state index contributed by atoms with van der Waals surface area (Å²) < 4.78 is 49.7. The Hall–Kier alpha value is -4.01. The lowest BCUT2D eigenvalue weighted by atomic mass is 10.1. The van der Waals surface area contributed by atoms with Gasteiger partial charge in [-0.1, -0.05) is 12.1 Å². The summed E-state index contributed by atoms with van der Waals surface area (Å²) in [5.41, 5.74) is 2.38. The van der Waals surface area contributed by atoms with Crippen LogP contribution in [0.4, 0.5) is 18.9 Å². The van der Waals surface area contributed by atoms with Gasteiger partial charge in [-0.05, 0) is 66.6 Å². The number of aryl methyl sites for hydroxylation is 1. The fourth-order valence-corrected chi connectivity index (χ4v) is 3.70. The Morgan fingerprint density at radius 3 is 2.44 bits per heavy atom. The molecular weight excluding hydrogens is 451 g/mol. The van der Waals surface area contributed by atoms with E-state index in [4.69, 9.17) is 14.6 Å². The van der Waals surface area contributed by atoms with Crippen molar-refractivity contribution < 1.29 is 37.3 Å². The third-order valence-corrected chi connectivity index (χ3v) is 5.49. The van der Waals surface area contributed by atoms with Gasteiger partial charge in [-0.2, -0.15) is 13.2 Å². The van der Waals surface area contributed by atoms with Gasteiger partial charge in [0.1, 0.15) is 18.1 Å². The highest BCUT2D eigenvalue weighted by Crippen LogP contribution is 2.36. The number of alkyl halides is 3. The second-order valence-corrected chi connectivity index (χ2v) is 7.78. The highest BCUT2D eigenvalue weighted by atomic mass is 19.4. The van der Waals surface area contributed by atoms with Crippen LogP contribution in [0.15, 0.2) is 60.7 Å². The maximum atomic E-state index is 12.9. The minimum Gasteiger partial charge on any atom is -0.489 e. The molecule has 0 aromatic heterocycles. The number of aliphatic carboxylic acids is 1. The van der Waals surface area contributed by atoms with Crippen LogP contribution in [0.3, 0.4) is 0 Å². The Morgan fingerprint density at radius 1 is 1.06 bits per heavy atom. The first-order chi connectivity index (χ1) is 16.1. The number of hydrogen-bond acceptors (Lipinski definition) is 4. The zero-order valence-corrected chi connectivity index (χ0v) is 18.1. The Kier molecular flexibility index (Phi) is 6.19. The van der Waals surface area contributed by atoms with E-state index in [-0.39, 0.29) is 19.1 Å². The molecule has 176 valence electrons. The molecule has 0 bridgehead atoms. The fraction of sp³-hybridized carbons (Fsp3) is 0.200. The number of carboxylic acids is 1. The number of carbonyl (C=O) groups excluding carboxylic acids is 1. The zero-order valence-electron chi connectivity index (χ0n) is 18.1. The van der Waals surface area contributed by atoms with Gasteiger partial charge in [0.05, 0.1) is 12.1 Å². The number of benzene rings is 3. The maximum absolute atomic E-state index is 12.9. The van der Waals surface area contributed by atoms with Crippen LogP contribution in [0.2, 0.25) is 0 Å². The molecule has 0 unspecified atom stereocenters. The van der Waals surface area contributed by atoms with Crippen LogP contribution in [0.5, 0.6) is 11.5 Å². The molecule has 34 heavy (non-hydrogen) atoms. The highest BCUT2D eigenvalue weighted by Gasteiger charge is 2.33. The second kappa shape index (κ2) is 9.09. The summed E-state index contributed by atoms with van der Waals surface area (Å²) in [4.78, 5) is 25.0. The van der Waals surface area contributed by atoms with Crippen LogP contribution < -0.4 is 14.4 Å². The number of hydrogen-bond donors (Lipinski definition) is 1. The molecule has 6 nitrogen and oxygen atoms in total. The summed E-state index contributed by atoms with van der Waals surface area (Å²) in [6.07, 6.45) is -4.45. The Labute approximate surface area is 193 Å². The first-order valence-electron chi connectivity index (χ1n) is 10.3. The summed E-state index contributed by atoms with van der Waals surface area (Å²) in [6.45, 7) is 1.79. The van der Waals surface area contributed by atoms with E-state index < -0.39 is 24.3 Å². The molecule has 0 saturated heterocycles. The lowest BCUT2D eigenvalue weighted by Crippen LogP contribution is -2.23. The molecule has 3 aromatic rings. The smallest absolute Gasteiger partial charge is 0.416 e. The van der Waals surface area contributed by atoms with Crippen LogP contribution in [0, 0.1) is 6.92 Å². The molecule has 1 aliphatic heterocycles. The highest BCUT2D eigenvalue weighted by molar-refractivity contribution is 6.10. The molecule has 9 heteroatoms. The molecule has 0 radical (unpaired) electrons. The summed E-state index contributed by atoms with van der Waals surface area (Å²) in [5, 5.41) is 8.72. The monoisotopic (exact) mass is 471 g/mol. The third kappa shape index (κ3) is 4.83. The fourth-order valence-electron chi connectivity index (χ4n) is 3.70. The number of carboxylic acid groups (broad SMARTS) is 1. The van der Waals surface area contributed by atoms with E-state index in [1.54, 1.807) is 36.4 Å². The number of carbonyl (C=O) groups is 2. The Bertz CT molecular complexity index is 1240. The van der Waals surface area contributed by atoms with Crippen molar-refractivity contribution in [3.63, 3.8) is 0 Å². The number of fused-ring (bicyclic) bond motifs is 1. The van der Waals surface area contributed by atoms with Gasteiger partial charge >= 0.3 is 12.1 Å². The van der Waals surface area contributed by atoms with Crippen molar-refractivity contribution in [3.8, 4) is 11.5 Å². The molecule has 0 atom stereocenters. The van der Waals surface area contributed by atoms with Crippen LogP contribution in [0.25, 0.3) is 0 Å². The van der Waals surface area contributed by atoms with Gasteiger partial charge in [-0.25, -0.2) is 4.79 Å². The molecule has 0 fully saturated rings. The van der Waals surface area contributed by atoms with E-state index in [9.17, 15) is 22.8 Å². The van der Waals surface area contributed by atoms with E-state index >= 15 is 0 Å². The number of rotatable bonds is 7. The summed E-state index contributed by atoms with van der Waals surface area (Å²) in [6, 6.07) is 14.7. The number of amides is 1. The van der Waals surface area contributed by atoms with Crippen molar-refractivity contribution in [3.05, 3.63) is 88.5 Å². The first kappa shape index (κ1) is 23.2. The van der Waals surface area contributed by atoms with Gasteiger partial charge in [-0.15, -0.1) is 0 Å². The van der Waals surface area contributed by atoms with Crippen molar-refractivity contribution in [1.82, 2.24) is 0 Å². The van der Waals surface area contributed by atoms with Crippen molar-refractivity contribution in [2.45, 2.75) is 26.3 Å². The summed E-state index contributed by atoms with van der Waals surface area (Å²) in [7, 11) is 0. The largest absolute Gasteiger partial charge is 0.489 e. The molecule has 0 spiro atoms. The predicted octanol–water partition coefficient (Wildman–Crippen LogP) is 5.22. The Balaban J connectivity index is 1.49. The van der Waals surface area contributed by atoms with Gasteiger partial charge in [0.25, 0.3) is 5.91 Å². The van der Waals surface area contributed by atoms with E-state index in [2.05, 4.69) is 0 Å². The average molecular weight is 471 g/mol. The van der Waals surface area contributed by atoms with Gasteiger partial charge in [0.15, 0.2) is 6.61 Å². The van der Waals surface area contributed by atoms with Crippen molar-refractivity contribution >= 4 is 17.6 Å². The average Bonchev–Trinajstić information content (AvgIpc) is 3.13. The Morgan fingerprint density at radius 2 is 1.79 bits per heavy atom. The van der Waals surface area contributed by atoms with Crippen LogP contribution in [-0.2, 0) is 24.1 Å². The molecule has 1 aliphatic rings. The number of halogens is 3. The SMILES string of the molecule is Cc1cc(OCC(=O)O)ccc1COc1cccc2c1CN(c1ccc(C(F)(F)F)cc1)C2=O. The molecule has 1 heterocycles. The zero-order chi connectivity index (χ0) is 24.5. The van der Waals surface area contributed by atoms with Gasteiger partial charge in [-0.3, -0.25) is 4.79 Å². The van der Waals surface area contributed by atoms with Crippen molar-refractivity contribution in [2.75, 3.05) is 11.5 Å². The summed E-state index contributed by atoms with van der Waals surface area (Å²) >= 11 is 0. The van der Waals surface area contributed by atoms with Gasteiger partial charge < -0.3 is 19.5 Å². The lowest BCUT2D eigenvalue weighted by molar-refractivity contribution is -0.139. The normalized spacial score (nSPS) is 13.1. The molecule has 4 rings (SSSR count). The van der Waals surface area contributed by atoms with E-state index in [1.165, 1.54) is 17.0 Å². The van der Waals surface area contributed by atoms with E-state index in [0.717, 1.165) is 23.3 Å². The van der Waals surface area contributed by atoms with Crippen LogP contribution >= 0.6 is 0 Å². The topological polar surface area (TPSA) is 76.1 Å². The lowest BCUT2D eigenvalue weighted by Gasteiger charge is -2.17. The molecule has 0 saturated carbocycles. The molecule has 1 amide bonds. The molecule has 0 aliphatic carbocycles. The molecule has 1 N–H and O–H groups in total. The van der Waals surface area contributed by atoms with Gasteiger partial charge in [0, 0.05) is 16.8 Å². The van der Waals surface area contributed by atoms with Gasteiger partial charge in [0.2, 0.25) is 0 Å². The van der Waals surface area contributed by atoms with Crippen LogP contribution in [0.1, 0.15) is 32.6 Å². The van der Waals surface area contributed by atoms with E-state index in [1.807, 2.05) is 6.92 Å². The van der Waals surface area contributed by atoms with Crippen molar-refractivity contribution in [2.24, 2.45) is 0 Å². The van der Waals surface area contributed by atoms with Crippen molar-refractivity contribution in [1.29, 1.82) is 0 Å². The summed E-state index contributed by atoms with van der Waals surface area (Å²) in [5.74, 6) is -0.438. The van der Waals surface area contributed by atoms with Crippen LogP contribution in [-0.4, -0.2) is 23.6 Å². The standard InChI is InChI=1S/C25H20F3NO5/c1-15-11-19(33-14-23(30)31)10-5-16(15)13-34-22-4-2-3-20-21(22)12-29(24(20)32)18-8-6-17(7-9-18)25(26,27)28/h2-11H,12-14H2,1H3,(H,30,31).